The largest absolute Gasteiger partial charge is 0.371 e. The summed E-state index contributed by atoms with van der Waals surface area (Å²) in [6.07, 6.45) is 1.69. The molecule has 0 amide bonds. The minimum Gasteiger partial charge on any atom is -0.371 e. The molecule has 0 radical (unpaired) electrons. The van der Waals surface area contributed by atoms with Crippen LogP contribution in [0.2, 0.25) is 0 Å². The zero-order valence-electron chi connectivity index (χ0n) is 7.23. The van der Waals surface area contributed by atoms with Gasteiger partial charge >= 0.3 is 0 Å². The van der Waals surface area contributed by atoms with E-state index in [0.717, 1.165) is 5.69 Å². The third kappa shape index (κ3) is 2.29. The molecule has 0 spiro atoms. The molecule has 12 heavy (non-hydrogen) atoms. The second-order valence-corrected chi connectivity index (χ2v) is 2.43. The van der Waals surface area contributed by atoms with Crippen LogP contribution in [0.5, 0.6) is 0 Å². The Kier molecular flexibility index (Phi) is 3.70. The molecule has 1 unspecified atom stereocenters. The molecule has 1 rings (SSSR count). The van der Waals surface area contributed by atoms with E-state index in [-0.39, 0.29) is 6.10 Å². The first-order chi connectivity index (χ1) is 5.88. The summed E-state index contributed by atoms with van der Waals surface area (Å²) in [5.41, 5.74) is 6.43. The van der Waals surface area contributed by atoms with E-state index >= 15 is 0 Å². The van der Waals surface area contributed by atoms with Crippen molar-refractivity contribution >= 4 is 0 Å². The van der Waals surface area contributed by atoms with Gasteiger partial charge in [0.15, 0.2) is 0 Å². The smallest absolute Gasteiger partial charge is 0.112 e. The first kappa shape index (κ1) is 9.16. The molecule has 0 aromatic carbocycles. The van der Waals surface area contributed by atoms with Gasteiger partial charge in [-0.1, -0.05) is 6.07 Å². The van der Waals surface area contributed by atoms with Gasteiger partial charge in [0.25, 0.3) is 0 Å². The normalized spacial score (nSPS) is 12.8. The van der Waals surface area contributed by atoms with Crippen LogP contribution in [-0.2, 0) is 4.74 Å². The molecule has 1 aromatic rings. The number of hydrogen-bond donors (Lipinski definition) is 1. The van der Waals surface area contributed by atoms with Gasteiger partial charge in [-0.25, -0.2) is 0 Å². The topological polar surface area (TPSA) is 48.1 Å². The summed E-state index contributed by atoms with van der Waals surface area (Å²) in [6, 6.07) is 5.74. The number of nitrogens with two attached hydrogens (primary N) is 1. The minimum absolute atomic E-state index is 0.0591. The Hall–Kier alpha value is -0.930. The molecular weight excluding hydrogens is 152 g/mol. The monoisotopic (exact) mass is 166 g/mol. The van der Waals surface area contributed by atoms with Crippen LogP contribution in [-0.4, -0.2) is 18.1 Å². The summed E-state index contributed by atoms with van der Waals surface area (Å²) in [6.45, 7) is 3.09. The number of hydrogen-bond acceptors (Lipinski definition) is 3. The molecule has 3 nitrogen and oxygen atoms in total. The number of pyridine rings is 1. The molecular formula is C9H14N2O. The van der Waals surface area contributed by atoms with Gasteiger partial charge in [0.1, 0.15) is 6.10 Å². The lowest BCUT2D eigenvalue weighted by Crippen LogP contribution is -2.16. The second kappa shape index (κ2) is 4.85. The molecule has 0 saturated heterocycles. The highest BCUT2D eigenvalue weighted by molar-refractivity contribution is 5.07. The van der Waals surface area contributed by atoms with Gasteiger partial charge in [-0.05, 0) is 19.1 Å². The lowest BCUT2D eigenvalue weighted by Gasteiger charge is -2.13. The molecule has 0 bridgehead atoms. The quantitative estimate of drug-likeness (QED) is 0.729. The van der Waals surface area contributed by atoms with Gasteiger partial charge in [0.2, 0.25) is 0 Å². The van der Waals surface area contributed by atoms with Crippen LogP contribution in [0.4, 0.5) is 0 Å². The molecule has 0 aliphatic carbocycles. The van der Waals surface area contributed by atoms with Crippen LogP contribution in [0.15, 0.2) is 24.4 Å². The molecule has 3 heteroatoms. The van der Waals surface area contributed by atoms with Crippen molar-refractivity contribution in [2.24, 2.45) is 5.73 Å². The molecule has 0 aliphatic rings. The maximum absolute atomic E-state index is 5.53. The Balaban J connectivity index is 2.66. The predicted molar refractivity (Wildman–Crippen MR) is 47.7 cm³/mol. The van der Waals surface area contributed by atoms with Crippen molar-refractivity contribution in [2.45, 2.75) is 13.0 Å². The minimum atomic E-state index is -0.0591. The highest BCUT2D eigenvalue weighted by Gasteiger charge is 2.08. The van der Waals surface area contributed by atoms with Crippen LogP contribution in [0.3, 0.4) is 0 Å². The zero-order chi connectivity index (χ0) is 8.81. The lowest BCUT2D eigenvalue weighted by atomic mass is 10.2. The third-order valence-corrected chi connectivity index (χ3v) is 1.60. The molecule has 1 aromatic heterocycles. The SMILES string of the molecule is CCOC(CN)c1ccccn1. The standard InChI is InChI=1S/C9H14N2O/c1-2-12-9(7-10)8-5-3-4-6-11-8/h3-6,9H,2,7,10H2,1H3. The van der Waals surface area contributed by atoms with Crippen molar-refractivity contribution in [1.82, 2.24) is 4.98 Å². The Labute approximate surface area is 72.6 Å². The van der Waals surface area contributed by atoms with Gasteiger partial charge in [0, 0.05) is 19.3 Å². The van der Waals surface area contributed by atoms with Crippen molar-refractivity contribution in [3.05, 3.63) is 30.1 Å². The van der Waals surface area contributed by atoms with Crippen molar-refractivity contribution in [3.8, 4) is 0 Å². The van der Waals surface area contributed by atoms with Crippen LogP contribution in [0, 0.1) is 0 Å². The van der Waals surface area contributed by atoms with Gasteiger partial charge in [-0.15, -0.1) is 0 Å². The lowest BCUT2D eigenvalue weighted by molar-refractivity contribution is 0.0658. The predicted octanol–water partition coefficient (Wildman–Crippen LogP) is 1.12. The fraction of sp³-hybridized carbons (Fsp3) is 0.444. The molecule has 0 aliphatic heterocycles. The summed E-state index contributed by atoms with van der Waals surface area (Å²) in [7, 11) is 0. The van der Waals surface area contributed by atoms with Gasteiger partial charge < -0.3 is 10.5 Å². The molecule has 2 N–H and O–H groups in total. The van der Waals surface area contributed by atoms with Crippen LogP contribution in [0.1, 0.15) is 18.7 Å². The first-order valence-corrected chi connectivity index (χ1v) is 4.11. The van der Waals surface area contributed by atoms with Gasteiger partial charge in [0.05, 0.1) is 5.69 Å². The van der Waals surface area contributed by atoms with E-state index in [1.807, 2.05) is 25.1 Å². The van der Waals surface area contributed by atoms with Crippen LogP contribution in [0.25, 0.3) is 0 Å². The van der Waals surface area contributed by atoms with Gasteiger partial charge in [-0.2, -0.15) is 0 Å². The van der Waals surface area contributed by atoms with Crippen molar-refractivity contribution in [3.63, 3.8) is 0 Å². The average Bonchev–Trinajstić information content (AvgIpc) is 2.15. The van der Waals surface area contributed by atoms with E-state index in [2.05, 4.69) is 4.98 Å². The number of nitrogens with zero attached hydrogens (tertiary/aromatic N) is 1. The summed E-state index contributed by atoms with van der Waals surface area (Å²) < 4.78 is 5.39. The highest BCUT2D eigenvalue weighted by Crippen LogP contribution is 2.11. The van der Waals surface area contributed by atoms with Crippen molar-refractivity contribution < 1.29 is 4.74 Å². The fourth-order valence-electron chi connectivity index (χ4n) is 1.04. The molecule has 1 atom stereocenters. The molecule has 66 valence electrons. The van der Waals surface area contributed by atoms with E-state index in [4.69, 9.17) is 10.5 Å². The Bertz CT molecular complexity index is 213. The summed E-state index contributed by atoms with van der Waals surface area (Å²) in [4.78, 5) is 4.16. The van der Waals surface area contributed by atoms with Gasteiger partial charge in [-0.3, -0.25) is 4.98 Å². The summed E-state index contributed by atoms with van der Waals surface area (Å²) in [5.74, 6) is 0. The maximum atomic E-state index is 5.53. The van der Waals surface area contributed by atoms with E-state index in [1.54, 1.807) is 6.20 Å². The number of ether oxygens (including phenoxy) is 1. The first-order valence-electron chi connectivity index (χ1n) is 4.11. The molecule has 0 saturated carbocycles. The van der Waals surface area contributed by atoms with E-state index in [0.29, 0.717) is 13.2 Å². The van der Waals surface area contributed by atoms with Crippen molar-refractivity contribution in [1.29, 1.82) is 0 Å². The summed E-state index contributed by atoms with van der Waals surface area (Å²) >= 11 is 0. The number of rotatable bonds is 4. The van der Waals surface area contributed by atoms with Crippen LogP contribution < -0.4 is 5.73 Å². The van der Waals surface area contributed by atoms with E-state index < -0.39 is 0 Å². The highest BCUT2D eigenvalue weighted by atomic mass is 16.5. The molecule has 1 heterocycles. The Morgan fingerprint density at radius 3 is 2.92 bits per heavy atom. The Morgan fingerprint density at radius 1 is 1.58 bits per heavy atom. The van der Waals surface area contributed by atoms with Crippen molar-refractivity contribution in [2.75, 3.05) is 13.2 Å². The van der Waals surface area contributed by atoms with Crippen LogP contribution >= 0.6 is 0 Å². The number of aromatic nitrogens is 1. The van der Waals surface area contributed by atoms with E-state index in [1.165, 1.54) is 0 Å². The Morgan fingerprint density at radius 2 is 2.42 bits per heavy atom. The molecule has 0 fully saturated rings. The maximum Gasteiger partial charge on any atom is 0.112 e. The summed E-state index contributed by atoms with van der Waals surface area (Å²) in [5, 5.41) is 0. The average molecular weight is 166 g/mol. The fourth-order valence-corrected chi connectivity index (χ4v) is 1.04. The third-order valence-electron chi connectivity index (χ3n) is 1.60. The van der Waals surface area contributed by atoms with E-state index in [9.17, 15) is 0 Å². The zero-order valence-corrected chi connectivity index (χ0v) is 7.23. The second-order valence-electron chi connectivity index (χ2n) is 2.43.